The molecule has 2 atom stereocenters. The number of hydrogen-bond acceptors (Lipinski definition) is 4. The fourth-order valence-corrected chi connectivity index (χ4v) is 2.91. The average molecular weight is 240 g/mol. The predicted octanol–water partition coefficient (Wildman–Crippen LogP) is 3.23. The number of aromatic nitrogens is 1. The van der Waals surface area contributed by atoms with Crippen LogP contribution in [-0.4, -0.2) is 17.6 Å². The molecule has 0 radical (unpaired) electrons. The van der Waals surface area contributed by atoms with Gasteiger partial charge in [-0.2, -0.15) is 0 Å². The Hall–Kier alpha value is -0.610. The van der Waals surface area contributed by atoms with E-state index < -0.39 is 0 Å². The molecule has 3 nitrogen and oxygen atoms in total. The number of rotatable bonds is 3. The zero-order valence-corrected chi connectivity index (χ0v) is 11.2. The fourth-order valence-electron chi connectivity index (χ4n) is 1.93. The summed E-state index contributed by atoms with van der Waals surface area (Å²) in [5, 5.41) is 4.43. The van der Waals surface area contributed by atoms with E-state index in [1.807, 2.05) is 0 Å². The van der Waals surface area contributed by atoms with E-state index in [-0.39, 0.29) is 6.10 Å². The molecule has 1 N–H and O–H groups in total. The Morgan fingerprint density at radius 3 is 2.94 bits per heavy atom. The molecule has 0 aromatic carbocycles. The van der Waals surface area contributed by atoms with Crippen molar-refractivity contribution in [2.45, 2.75) is 46.3 Å². The zero-order valence-electron chi connectivity index (χ0n) is 10.4. The molecule has 90 valence electrons. The molecule has 0 saturated carbocycles. The Labute approximate surface area is 101 Å². The summed E-state index contributed by atoms with van der Waals surface area (Å²) < 4.78 is 5.79. The van der Waals surface area contributed by atoms with Gasteiger partial charge in [-0.15, -0.1) is 0 Å². The van der Waals surface area contributed by atoms with Crippen molar-refractivity contribution in [1.82, 2.24) is 4.98 Å². The van der Waals surface area contributed by atoms with Crippen LogP contribution in [0.1, 0.15) is 44.4 Å². The molecule has 1 aromatic heterocycles. The monoisotopic (exact) mass is 240 g/mol. The number of hydrogen-bond donors (Lipinski definition) is 1. The first-order valence-corrected chi connectivity index (χ1v) is 6.77. The first-order valence-electron chi connectivity index (χ1n) is 5.95. The van der Waals surface area contributed by atoms with E-state index in [1.54, 1.807) is 11.3 Å². The molecular weight excluding hydrogens is 220 g/mol. The van der Waals surface area contributed by atoms with Gasteiger partial charge in [-0.05, 0) is 19.8 Å². The van der Waals surface area contributed by atoms with Crippen molar-refractivity contribution >= 4 is 16.5 Å². The summed E-state index contributed by atoms with van der Waals surface area (Å²) in [6.45, 7) is 9.61. The van der Waals surface area contributed by atoms with Gasteiger partial charge in [-0.1, -0.05) is 25.2 Å². The lowest BCUT2D eigenvalue weighted by Crippen LogP contribution is -2.20. The zero-order chi connectivity index (χ0) is 11.7. The van der Waals surface area contributed by atoms with Crippen molar-refractivity contribution in [1.29, 1.82) is 0 Å². The van der Waals surface area contributed by atoms with Crippen LogP contribution in [-0.2, 0) is 11.2 Å². The van der Waals surface area contributed by atoms with Crippen LogP contribution in [0.15, 0.2) is 0 Å². The van der Waals surface area contributed by atoms with E-state index in [1.165, 1.54) is 10.6 Å². The third kappa shape index (κ3) is 2.55. The molecule has 0 bridgehead atoms. The van der Waals surface area contributed by atoms with Gasteiger partial charge in [-0.3, -0.25) is 0 Å². The standard InChI is InChI=1S/C12H20N2OS/c1-7(2)6-13-12-14-10-5-8(3)15-9(4)11(10)16-12/h7-9H,5-6H2,1-4H3,(H,13,14). The molecule has 2 rings (SSSR count). The first-order chi connectivity index (χ1) is 7.56. The highest BCUT2D eigenvalue weighted by Gasteiger charge is 2.25. The second kappa shape index (κ2) is 4.72. The molecular formula is C12H20N2OS. The molecule has 0 aliphatic carbocycles. The first kappa shape index (κ1) is 11.9. The van der Waals surface area contributed by atoms with E-state index in [9.17, 15) is 0 Å². The topological polar surface area (TPSA) is 34.2 Å². The Balaban J connectivity index is 2.10. The van der Waals surface area contributed by atoms with Gasteiger partial charge in [0.05, 0.1) is 22.8 Å². The summed E-state index contributed by atoms with van der Waals surface area (Å²) in [4.78, 5) is 5.95. The Bertz CT molecular complexity index is 362. The Kier molecular flexibility index (Phi) is 3.50. The van der Waals surface area contributed by atoms with Crippen molar-refractivity contribution in [3.8, 4) is 0 Å². The van der Waals surface area contributed by atoms with Crippen LogP contribution in [0.2, 0.25) is 0 Å². The van der Waals surface area contributed by atoms with E-state index in [0.29, 0.717) is 12.0 Å². The van der Waals surface area contributed by atoms with Crippen LogP contribution in [0.4, 0.5) is 5.13 Å². The molecule has 1 aromatic rings. The quantitative estimate of drug-likeness (QED) is 0.880. The van der Waals surface area contributed by atoms with Crippen molar-refractivity contribution in [2.75, 3.05) is 11.9 Å². The minimum absolute atomic E-state index is 0.200. The molecule has 2 unspecified atom stereocenters. The van der Waals surface area contributed by atoms with Gasteiger partial charge in [0.1, 0.15) is 0 Å². The van der Waals surface area contributed by atoms with Crippen LogP contribution in [0.25, 0.3) is 0 Å². The predicted molar refractivity (Wildman–Crippen MR) is 68.1 cm³/mol. The fraction of sp³-hybridized carbons (Fsp3) is 0.750. The molecule has 1 aliphatic heterocycles. The second-order valence-electron chi connectivity index (χ2n) is 4.90. The van der Waals surface area contributed by atoms with Crippen molar-refractivity contribution < 1.29 is 4.74 Å². The van der Waals surface area contributed by atoms with Gasteiger partial charge in [0.15, 0.2) is 5.13 Å². The highest BCUT2D eigenvalue weighted by molar-refractivity contribution is 7.15. The van der Waals surface area contributed by atoms with Crippen molar-refractivity contribution in [3.05, 3.63) is 10.6 Å². The lowest BCUT2D eigenvalue weighted by atomic mass is 10.1. The van der Waals surface area contributed by atoms with E-state index in [0.717, 1.165) is 18.1 Å². The van der Waals surface area contributed by atoms with Crippen molar-refractivity contribution in [3.63, 3.8) is 0 Å². The Morgan fingerprint density at radius 1 is 1.50 bits per heavy atom. The molecule has 0 fully saturated rings. The Morgan fingerprint density at radius 2 is 2.25 bits per heavy atom. The molecule has 1 aliphatic rings. The normalized spacial score (nSPS) is 24.6. The number of anilines is 1. The number of nitrogens with one attached hydrogen (secondary N) is 1. The number of nitrogens with zero attached hydrogens (tertiary/aromatic N) is 1. The maximum absolute atomic E-state index is 5.79. The number of ether oxygens (including phenoxy) is 1. The molecule has 0 saturated heterocycles. The lowest BCUT2D eigenvalue weighted by Gasteiger charge is -2.23. The molecule has 0 amide bonds. The highest BCUT2D eigenvalue weighted by Crippen LogP contribution is 2.36. The largest absolute Gasteiger partial charge is 0.370 e. The van der Waals surface area contributed by atoms with Gasteiger partial charge in [0.25, 0.3) is 0 Å². The van der Waals surface area contributed by atoms with E-state index >= 15 is 0 Å². The van der Waals surface area contributed by atoms with Crippen LogP contribution < -0.4 is 5.32 Å². The van der Waals surface area contributed by atoms with Crippen LogP contribution >= 0.6 is 11.3 Å². The summed E-state index contributed by atoms with van der Waals surface area (Å²) in [6, 6.07) is 0. The number of fused-ring (bicyclic) bond motifs is 1. The van der Waals surface area contributed by atoms with Crippen LogP contribution in [0.5, 0.6) is 0 Å². The van der Waals surface area contributed by atoms with Gasteiger partial charge >= 0.3 is 0 Å². The molecule has 0 spiro atoms. The maximum atomic E-state index is 5.79. The van der Waals surface area contributed by atoms with Crippen molar-refractivity contribution in [2.24, 2.45) is 5.92 Å². The summed E-state index contributed by atoms with van der Waals surface area (Å²) >= 11 is 1.74. The summed E-state index contributed by atoms with van der Waals surface area (Å²) in [5.41, 5.74) is 1.22. The van der Waals surface area contributed by atoms with Crippen LogP contribution in [0, 0.1) is 5.92 Å². The minimum Gasteiger partial charge on any atom is -0.370 e. The molecule has 2 heterocycles. The summed E-state index contributed by atoms with van der Waals surface area (Å²) in [5.74, 6) is 0.647. The van der Waals surface area contributed by atoms with E-state index in [4.69, 9.17) is 4.74 Å². The average Bonchev–Trinajstić information content (AvgIpc) is 2.57. The third-order valence-electron chi connectivity index (χ3n) is 2.68. The maximum Gasteiger partial charge on any atom is 0.183 e. The van der Waals surface area contributed by atoms with Gasteiger partial charge in [0, 0.05) is 13.0 Å². The SMILES string of the molecule is CC(C)CNc1nc2c(s1)C(C)OC(C)C2. The van der Waals surface area contributed by atoms with E-state index in [2.05, 4.69) is 38.0 Å². The van der Waals surface area contributed by atoms with Gasteiger partial charge < -0.3 is 10.1 Å². The highest BCUT2D eigenvalue weighted by atomic mass is 32.1. The summed E-state index contributed by atoms with van der Waals surface area (Å²) in [7, 11) is 0. The minimum atomic E-state index is 0.200. The van der Waals surface area contributed by atoms with Gasteiger partial charge in [0.2, 0.25) is 0 Å². The number of thiazole rings is 1. The molecule has 16 heavy (non-hydrogen) atoms. The third-order valence-corrected chi connectivity index (χ3v) is 3.89. The van der Waals surface area contributed by atoms with Crippen LogP contribution in [0.3, 0.4) is 0 Å². The second-order valence-corrected chi connectivity index (χ2v) is 5.93. The molecule has 4 heteroatoms. The lowest BCUT2D eigenvalue weighted by molar-refractivity contribution is -0.00316. The summed E-state index contributed by atoms with van der Waals surface area (Å²) in [6.07, 6.45) is 1.44. The van der Waals surface area contributed by atoms with Gasteiger partial charge in [-0.25, -0.2) is 4.98 Å². The smallest absolute Gasteiger partial charge is 0.183 e.